The molecular formula is C26H23F3N4O3. The van der Waals surface area contributed by atoms with Gasteiger partial charge >= 0.3 is 12.1 Å². The molecule has 7 nitrogen and oxygen atoms in total. The van der Waals surface area contributed by atoms with Gasteiger partial charge in [-0.1, -0.05) is 36.4 Å². The van der Waals surface area contributed by atoms with Crippen LogP contribution in [0.25, 0.3) is 16.8 Å². The Balaban J connectivity index is 0.000000454. The van der Waals surface area contributed by atoms with Crippen LogP contribution in [0.2, 0.25) is 0 Å². The van der Waals surface area contributed by atoms with E-state index < -0.39 is 12.1 Å². The van der Waals surface area contributed by atoms with Crippen LogP contribution in [0.15, 0.2) is 78.5 Å². The molecule has 0 bridgehead atoms. The molecule has 0 saturated carbocycles. The van der Waals surface area contributed by atoms with Crippen molar-refractivity contribution in [2.45, 2.75) is 25.4 Å². The summed E-state index contributed by atoms with van der Waals surface area (Å²) in [6.07, 6.45) is -0.776. The van der Waals surface area contributed by atoms with Crippen molar-refractivity contribution in [2.75, 3.05) is 5.32 Å². The molecule has 0 spiro atoms. The third kappa shape index (κ3) is 6.78. The number of allylic oxidation sites excluding steroid dienone is 1. The van der Waals surface area contributed by atoms with Crippen molar-refractivity contribution >= 4 is 29.0 Å². The van der Waals surface area contributed by atoms with E-state index in [4.69, 9.17) is 21.0 Å². The van der Waals surface area contributed by atoms with Crippen LogP contribution in [-0.4, -0.2) is 34.0 Å². The van der Waals surface area contributed by atoms with Gasteiger partial charge in [0.15, 0.2) is 0 Å². The highest BCUT2D eigenvalue weighted by Gasteiger charge is 2.38. The van der Waals surface area contributed by atoms with E-state index in [9.17, 15) is 18.0 Å². The fourth-order valence-electron chi connectivity index (χ4n) is 3.65. The number of anilines is 1. The molecule has 1 heterocycles. The van der Waals surface area contributed by atoms with E-state index in [2.05, 4.69) is 10.3 Å². The van der Waals surface area contributed by atoms with Gasteiger partial charge in [-0.3, -0.25) is 15.2 Å². The standard InChI is InChI=1S/C24H22N4O.C2HF3O2/c25-23(26)18-6-3-5-17(15-18)20-7-4-8-21(20)24(29)28-19-12-10-16(11-13-19)22-9-1-2-14-27-22;3-2(4,5)1(6)7/h1-3,5-6,9-15H,4,7-8H2,(H3,25,26)(H,28,29);(H,6,7). The van der Waals surface area contributed by atoms with Crippen LogP contribution in [0.1, 0.15) is 30.4 Å². The molecule has 0 unspecified atom stereocenters. The van der Waals surface area contributed by atoms with Crippen molar-refractivity contribution in [2.24, 2.45) is 5.73 Å². The maximum Gasteiger partial charge on any atom is 0.490 e. The number of pyridine rings is 1. The lowest BCUT2D eigenvalue weighted by Gasteiger charge is -2.11. The number of amides is 1. The molecular weight excluding hydrogens is 473 g/mol. The molecule has 4 rings (SSSR count). The Labute approximate surface area is 205 Å². The van der Waals surface area contributed by atoms with Gasteiger partial charge in [-0.15, -0.1) is 0 Å². The van der Waals surface area contributed by atoms with Gasteiger partial charge in [0, 0.05) is 28.6 Å². The van der Waals surface area contributed by atoms with Gasteiger partial charge in [0.2, 0.25) is 0 Å². The minimum atomic E-state index is -5.08. The number of rotatable bonds is 5. The van der Waals surface area contributed by atoms with Crippen molar-refractivity contribution < 1.29 is 27.9 Å². The summed E-state index contributed by atoms with van der Waals surface area (Å²) in [4.78, 5) is 26.2. The van der Waals surface area contributed by atoms with E-state index in [-0.39, 0.29) is 11.7 Å². The van der Waals surface area contributed by atoms with Gasteiger partial charge in [0.05, 0.1) is 5.69 Å². The molecule has 5 N–H and O–H groups in total. The summed E-state index contributed by atoms with van der Waals surface area (Å²) in [7, 11) is 0. The van der Waals surface area contributed by atoms with Gasteiger partial charge in [0.25, 0.3) is 5.91 Å². The number of carbonyl (C=O) groups is 2. The molecule has 1 amide bonds. The molecule has 3 aromatic rings. The Morgan fingerprint density at radius 2 is 1.67 bits per heavy atom. The largest absolute Gasteiger partial charge is 0.490 e. The Morgan fingerprint density at radius 1 is 0.972 bits per heavy atom. The van der Waals surface area contributed by atoms with Gasteiger partial charge in [-0.05, 0) is 60.7 Å². The number of nitrogens with two attached hydrogens (primary N) is 1. The first kappa shape index (κ1) is 26.1. The quantitative estimate of drug-likeness (QED) is 0.284. The summed E-state index contributed by atoms with van der Waals surface area (Å²) in [5.74, 6) is -2.80. The van der Waals surface area contributed by atoms with Gasteiger partial charge < -0.3 is 16.2 Å². The first-order valence-corrected chi connectivity index (χ1v) is 10.9. The lowest BCUT2D eigenvalue weighted by Crippen LogP contribution is -2.21. The van der Waals surface area contributed by atoms with Gasteiger partial charge in [-0.25, -0.2) is 4.79 Å². The summed E-state index contributed by atoms with van der Waals surface area (Å²) in [6.45, 7) is 0. The Morgan fingerprint density at radius 3 is 2.25 bits per heavy atom. The first-order chi connectivity index (χ1) is 17.1. The summed E-state index contributed by atoms with van der Waals surface area (Å²) in [6, 6.07) is 21.0. The van der Waals surface area contributed by atoms with Gasteiger partial charge in [0.1, 0.15) is 5.84 Å². The van der Waals surface area contributed by atoms with Crippen molar-refractivity contribution in [3.05, 3.63) is 89.6 Å². The van der Waals surface area contributed by atoms with Crippen LogP contribution >= 0.6 is 0 Å². The number of nitrogens with one attached hydrogen (secondary N) is 2. The molecule has 1 aliphatic carbocycles. The number of nitrogens with zero attached hydrogens (tertiary/aromatic N) is 1. The molecule has 36 heavy (non-hydrogen) atoms. The van der Waals surface area contributed by atoms with E-state index in [1.807, 2.05) is 66.7 Å². The molecule has 0 aliphatic heterocycles. The monoisotopic (exact) mass is 496 g/mol. The number of halogens is 3. The molecule has 10 heteroatoms. The molecule has 0 saturated heterocycles. The number of amidine groups is 1. The highest BCUT2D eigenvalue weighted by Crippen LogP contribution is 2.35. The topological polar surface area (TPSA) is 129 Å². The van der Waals surface area contributed by atoms with Crippen molar-refractivity contribution in [1.82, 2.24) is 4.98 Å². The zero-order valence-electron chi connectivity index (χ0n) is 19.0. The minimum Gasteiger partial charge on any atom is -0.475 e. The fourth-order valence-corrected chi connectivity index (χ4v) is 3.65. The lowest BCUT2D eigenvalue weighted by atomic mass is 9.99. The number of carboxylic acids is 1. The van der Waals surface area contributed by atoms with Crippen molar-refractivity contribution in [3.8, 4) is 11.3 Å². The van der Waals surface area contributed by atoms with E-state index in [1.165, 1.54) is 0 Å². The SMILES string of the molecule is N=C(N)c1cccc(C2=C(C(=O)Nc3ccc(-c4ccccn4)cc3)CCC2)c1.O=C(O)C(F)(F)F. The molecule has 0 radical (unpaired) electrons. The summed E-state index contributed by atoms with van der Waals surface area (Å²) < 4.78 is 31.7. The second-order valence-corrected chi connectivity index (χ2v) is 7.85. The summed E-state index contributed by atoms with van der Waals surface area (Å²) >= 11 is 0. The zero-order valence-corrected chi connectivity index (χ0v) is 19.0. The Bertz CT molecular complexity index is 1290. The number of benzene rings is 2. The normalized spacial score (nSPS) is 13.0. The van der Waals surface area contributed by atoms with Crippen LogP contribution < -0.4 is 11.1 Å². The molecule has 2 aromatic carbocycles. The first-order valence-electron chi connectivity index (χ1n) is 10.9. The molecule has 1 aromatic heterocycles. The Hall–Kier alpha value is -4.47. The van der Waals surface area contributed by atoms with E-state index in [0.29, 0.717) is 5.56 Å². The molecule has 1 aliphatic rings. The maximum atomic E-state index is 12.9. The number of hydrogen-bond acceptors (Lipinski definition) is 4. The van der Waals surface area contributed by atoms with Crippen LogP contribution in [0.5, 0.6) is 0 Å². The van der Waals surface area contributed by atoms with E-state index >= 15 is 0 Å². The number of nitrogen functional groups attached to an aromatic ring is 1. The number of alkyl halides is 3. The number of carboxylic acid groups (broad SMARTS) is 1. The maximum absolute atomic E-state index is 12.9. The predicted octanol–water partition coefficient (Wildman–Crippen LogP) is 5.24. The predicted molar refractivity (Wildman–Crippen MR) is 130 cm³/mol. The zero-order chi connectivity index (χ0) is 26.3. The Kier molecular flexibility index (Phi) is 8.21. The second-order valence-electron chi connectivity index (χ2n) is 7.85. The van der Waals surface area contributed by atoms with Crippen molar-refractivity contribution in [3.63, 3.8) is 0 Å². The average molecular weight is 496 g/mol. The smallest absolute Gasteiger partial charge is 0.475 e. The number of aliphatic carboxylic acids is 1. The third-order valence-electron chi connectivity index (χ3n) is 5.36. The van der Waals surface area contributed by atoms with Crippen LogP contribution in [0, 0.1) is 5.41 Å². The van der Waals surface area contributed by atoms with Gasteiger partial charge in [-0.2, -0.15) is 13.2 Å². The summed E-state index contributed by atoms with van der Waals surface area (Å²) in [5, 5.41) is 17.8. The lowest BCUT2D eigenvalue weighted by molar-refractivity contribution is -0.192. The second kappa shape index (κ2) is 11.3. The number of aromatic nitrogens is 1. The molecule has 186 valence electrons. The summed E-state index contributed by atoms with van der Waals surface area (Å²) in [5.41, 5.74) is 11.8. The van der Waals surface area contributed by atoms with Crippen LogP contribution in [0.4, 0.5) is 18.9 Å². The minimum absolute atomic E-state index is 0.0319. The fraction of sp³-hybridized carbons (Fsp3) is 0.154. The average Bonchev–Trinajstić information content (AvgIpc) is 3.35. The van der Waals surface area contributed by atoms with Crippen molar-refractivity contribution in [1.29, 1.82) is 5.41 Å². The highest BCUT2D eigenvalue weighted by molar-refractivity contribution is 6.10. The number of hydrogen-bond donors (Lipinski definition) is 4. The third-order valence-corrected chi connectivity index (χ3v) is 5.36. The van der Waals surface area contributed by atoms with E-state index in [1.54, 1.807) is 6.20 Å². The van der Waals surface area contributed by atoms with Crippen LogP contribution in [0.3, 0.4) is 0 Å². The highest BCUT2D eigenvalue weighted by atomic mass is 19.4. The van der Waals surface area contributed by atoms with E-state index in [0.717, 1.165) is 52.9 Å². The molecule has 0 fully saturated rings. The van der Waals surface area contributed by atoms with Crippen LogP contribution in [-0.2, 0) is 9.59 Å². The number of carbonyl (C=O) groups excluding carboxylic acids is 1. The molecule has 0 atom stereocenters.